The molecule has 1 atom stereocenters. The maximum absolute atomic E-state index is 15.0. The van der Waals surface area contributed by atoms with Crippen LogP contribution in [0.15, 0.2) is 71.9 Å². The number of halogens is 3. The molecule has 0 spiro atoms. The molecule has 7 nitrogen and oxygen atoms in total. The average molecular weight is 606 g/mol. The Morgan fingerprint density at radius 3 is 2.64 bits per heavy atom. The predicted molar refractivity (Wildman–Crippen MR) is 168 cm³/mol. The topological polar surface area (TPSA) is 82.5 Å². The van der Waals surface area contributed by atoms with E-state index in [2.05, 4.69) is 15.6 Å². The second-order valence-corrected chi connectivity index (χ2v) is 10.9. The van der Waals surface area contributed by atoms with Crippen molar-refractivity contribution in [1.29, 1.82) is 0 Å². The van der Waals surface area contributed by atoms with Crippen molar-refractivity contribution in [2.24, 2.45) is 4.99 Å². The first-order valence-electron chi connectivity index (χ1n) is 13.4. The number of hydrogen-bond donors (Lipinski definition) is 2. The summed E-state index contributed by atoms with van der Waals surface area (Å²) in [4.78, 5) is 29.0. The number of carbonyl (C=O) groups excluding carboxylic acids is 1. The third-order valence-corrected chi connectivity index (χ3v) is 8.02. The molecule has 1 amide bonds. The SMILES string of the molecule is C.CNC1CCCN(C(=O)c2ccc(Nc3ncc4c(n3)-c3ccc(Cl)cc3C(c3c(F)cccc3Cl)=NC4)cc2)C1. The van der Waals surface area contributed by atoms with E-state index >= 15 is 0 Å². The van der Waals surface area contributed by atoms with E-state index in [-0.39, 0.29) is 30.5 Å². The van der Waals surface area contributed by atoms with E-state index < -0.39 is 5.82 Å². The summed E-state index contributed by atoms with van der Waals surface area (Å²) >= 11 is 12.8. The maximum atomic E-state index is 15.0. The van der Waals surface area contributed by atoms with Crippen molar-refractivity contribution in [3.8, 4) is 11.3 Å². The number of carbonyl (C=O) groups is 1. The number of aliphatic imine (C=N–C) groups is 1. The molecule has 10 heteroatoms. The summed E-state index contributed by atoms with van der Waals surface area (Å²) in [6.07, 6.45) is 3.78. The molecule has 0 aliphatic carbocycles. The van der Waals surface area contributed by atoms with Crippen molar-refractivity contribution in [3.05, 3.63) is 105 Å². The number of piperidine rings is 1. The first-order valence-corrected chi connectivity index (χ1v) is 14.2. The highest BCUT2D eigenvalue weighted by molar-refractivity contribution is 6.36. The number of nitrogens with one attached hydrogen (secondary N) is 2. The van der Waals surface area contributed by atoms with Gasteiger partial charge in [0.2, 0.25) is 5.95 Å². The standard InChI is InChI=1S/C31H27Cl2FN6O.CH4/c1-35-22-4-3-13-40(17-22)30(41)18-7-10-21(11-8-18)38-31-37-16-19-15-36-29(27-25(33)5-2-6-26(27)34)24-14-20(32)9-12-23(24)28(19)39-31;/h2,5-12,14,16,22,35H,3-4,13,15,17H2,1H3,(H,37,38,39);1H4. The van der Waals surface area contributed by atoms with Crippen LogP contribution in [0.2, 0.25) is 10.0 Å². The molecule has 6 rings (SSSR count). The molecule has 2 aliphatic heterocycles. The first-order chi connectivity index (χ1) is 19.9. The van der Waals surface area contributed by atoms with Gasteiger partial charge in [-0.1, -0.05) is 42.8 Å². The minimum Gasteiger partial charge on any atom is -0.337 e. The van der Waals surface area contributed by atoms with Gasteiger partial charge >= 0.3 is 0 Å². The average Bonchev–Trinajstić information content (AvgIpc) is 3.13. The van der Waals surface area contributed by atoms with Crippen LogP contribution >= 0.6 is 23.2 Å². The maximum Gasteiger partial charge on any atom is 0.253 e. The van der Waals surface area contributed by atoms with E-state index in [1.54, 1.807) is 30.5 Å². The Morgan fingerprint density at radius 2 is 1.88 bits per heavy atom. The van der Waals surface area contributed by atoms with Crippen molar-refractivity contribution in [2.45, 2.75) is 32.9 Å². The van der Waals surface area contributed by atoms with Crippen molar-refractivity contribution in [1.82, 2.24) is 20.2 Å². The fourth-order valence-corrected chi connectivity index (χ4v) is 5.75. The molecular formula is C32H31Cl2FN6O. The largest absolute Gasteiger partial charge is 0.337 e. The number of benzene rings is 3. The lowest BCUT2D eigenvalue weighted by Crippen LogP contribution is -2.46. The minimum absolute atomic E-state index is 0. The van der Waals surface area contributed by atoms with Gasteiger partial charge in [-0.3, -0.25) is 9.79 Å². The zero-order valence-corrected chi connectivity index (χ0v) is 23.8. The van der Waals surface area contributed by atoms with Crippen molar-refractivity contribution < 1.29 is 9.18 Å². The van der Waals surface area contributed by atoms with Gasteiger partial charge in [-0.05, 0) is 68.4 Å². The zero-order valence-electron chi connectivity index (χ0n) is 22.3. The van der Waals surface area contributed by atoms with Crippen molar-refractivity contribution in [3.63, 3.8) is 0 Å². The van der Waals surface area contributed by atoms with Crippen LogP contribution in [0.5, 0.6) is 0 Å². The van der Waals surface area contributed by atoms with E-state index in [1.807, 2.05) is 42.3 Å². The van der Waals surface area contributed by atoms with Gasteiger partial charge in [0.15, 0.2) is 0 Å². The lowest BCUT2D eigenvalue weighted by molar-refractivity contribution is 0.0698. The summed E-state index contributed by atoms with van der Waals surface area (Å²) in [7, 11) is 1.93. The van der Waals surface area contributed by atoms with Gasteiger partial charge in [-0.15, -0.1) is 0 Å². The smallest absolute Gasteiger partial charge is 0.253 e. The van der Waals surface area contributed by atoms with Gasteiger partial charge in [0, 0.05) is 58.3 Å². The van der Waals surface area contributed by atoms with Gasteiger partial charge in [-0.25, -0.2) is 14.4 Å². The zero-order chi connectivity index (χ0) is 28.5. The molecular weight excluding hydrogens is 574 g/mol. The third-order valence-electron chi connectivity index (χ3n) is 7.47. The van der Waals surface area contributed by atoms with E-state index in [0.29, 0.717) is 46.1 Å². The molecule has 3 heterocycles. The summed E-state index contributed by atoms with van der Waals surface area (Å²) in [5.74, 6) is -0.0616. The Balaban J connectivity index is 0.00000353. The minimum atomic E-state index is -0.467. The van der Waals surface area contributed by atoms with Gasteiger partial charge < -0.3 is 15.5 Å². The molecule has 1 saturated heterocycles. The molecule has 216 valence electrons. The van der Waals surface area contributed by atoms with Crippen LogP contribution in [0.4, 0.5) is 16.0 Å². The van der Waals surface area contributed by atoms with Crippen LogP contribution in [0.25, 0.3) is 11.3 Å². The number of aromatic nitrogens is 2. The number of likely N-dealkylation sites (N-methyl/N-ethyl adjacent to an activating group) is 1. The fraction of sp³-hybridized carbons (Fsp3) is 0.250. The highest BCUT2D eigenvalue weighted by Gasteiger charge is 2.25. The molecule has 0 saturated carbocycles. The van der Waals surface area contributed by atoms with E-state index in [1.165, 1.54) is 6.07 Å². The third kappa shape index (κ3) is 5.88. The molecule has 3 aromatic carbocycles. The molecule has 0 radical (unpaired) electrons. The van der Waals surface area contributed by atoms with Crippen LogP contribution in [-0.2, 0) is 6.54 Å². The molecule has 1 aromatic heterocycles. The Labute approximate surface area is 254 Å². The Morgan fingerprint density at radius 1 is 1.07 bits per heavy atom. The first kappa shape index (κ1) is 29.6. The van der Waals surface area contributed by atoms with E-state index in [4.69, 9.17) is 33.2 Å². The number of hydrogen-bond acceptors (Lipinski definition) is 6. The normalized spacial score (nSPS) is 16.0. The quantitative estimate of drug-likeness (QED) is 0.253. The summed E-state index contributed by atoms with van der Waals surface area (Å²) in [5, 5.41) is 7.26. The molecule has 1 fully saturated rings. The highest BCUT2D eigenvalue weighted by Crippen LogP contribution is 2.35. The van der Waals surface area contributed by atoms with Gasteiger partial charge in [0.25, 0.3) is 5.91 Å². The number of fused-ring (bicyclic) bond motifs is 3. The molecule has 2 N–H and O–H groups in total. The number of amides is 1. The summed E-state index contributed by atoms with van der Waals surface area (Å²) in [6.45, 7) is 1.71. The number of anilines is 2. The van der Waals surface area contributed by atoms with Gasteiger partial charge in [0.05, 0.1) is 28.5 Å². The lowest BCUT2D eigenvalue weighted by Gasteiger charge is -2.32. The van der Waals surface area contributed by atoms with Crippen molar-refractivity contribution >= 4 is 46.5 Å². The van der Waals surface area contributed by atoms with Gasteiger partial charge in [-0.2, -0.15) is 0 Å². The van der Waals surface area contributed by atoms with E-state index in [9.17, 15) is 9.18 Å². The second-order valence-electron chi connectivity index (χ2n) is 10.1. The second kappa shape index (κ2) is 12.6. The summed E-state index contributed by atoms with van der Waals surface area (Å²) in [5.41, 5.74) is 4.83. The van der Waals surface area contributed by atoms with Crippen LogP contribution in [0.1, 0.15) is 47.3 Å². The summed E-state index contributed by atoms with van der Waals surface area (Å²) < 4.78 is 15.0. The Hall–Kier alpha value is -3.85. The summed E-state index contributed by atoms with van der Waals surface area (Å²) in [6, 6.07) is 17.6. The van der Waals surface area contributed by atoms with Gasteiger partial charge in [0.1, 0.15) is 5.82 Å². The molecule has 4 aromatic rings. The van der Waals surface area contributed by atoms with Crippen LogP contribution in [-0.4, -0.2) is 52.7 Å². The molecule has 42 heavy (non-hydrogen) atoms. The number of likely N-dealkylation sites (tertiary alicyclic amines) is 1. The molecule has 0 bridgehead atoms. The Kier molecular flexibility index (Phi) is 8.87. The Bertz CT molecular complexity index is 1640. The fourth-order valence-electron chi connectivity index (χ4n) is 5.33. The van der Waals surface area contributed by atoms with Crippen molar-refractivity contribution in [2.75, 3.05) is 25.5 Å². The number of nitrogens with zero attached hydrogens (tertiary/aromatic N) is 4. The molecule has 1 unspecified atom stereocenters. The monoisotopic (exact) mass is 604 g/mol. The van der Waals surface area contributed by atoms with Crippen LogP contribution in [0.3, 0.4) is 0 Å². The highest BCUT2D eigenvalue weighted by atomic mass is 35.5. The predicted octanol–water partition coefficient (Wildman–Crippen LogP) is 7.14. The lowest BCUT2D eigenvalue weighted by atomic mass is 9.95. The van der Waals surface area contributed by atoms with E-state index in [0.717, 1.165) is 36.2 Å². The van der Waals surface area contributed by atoms with Crippen LogP contribution in [0, 0.1) is 5.82 Å². The van der Waals surface area contributed by atoms with Crippen LogP contribution < -0.4 is 10.6 Å². The number of rotatable bonds is 5. The molecule has 2 aliphatic rings.